The molecule has 2 heterocycles. The minimum atomic E-state index is -0.525. The van der Waals surface area contributed by atoms with E-state index in [1.807, 2.05) is 0 Å². The number of rotatable bonds is 6. The highest BCUT2D eigenvalue weighted by Crippen LogP contribution is 2.38. The molecule has 0 saturated heterocycles. The first-order chi connectivity index (χ1) is 10.2. The van der Waals surface area contributed by atoms with Crippen LogP contribution in [0.4, 0.5) is 0 Å². The van der Waals surface area contributed by atoms with Crippen molar-refractivity contribution in [3.63, 3.8) is 0 Å². The van der Waals surface area contributed by atoms with Crippen LogP contribution in [0, 0.1) is 6.92 Å². The molecule has 0 spiro atoms. The average molecular weight is 289 g/mol. The van der Waals surface area contributed by atoms with Gasteiger partial charge in [-0.3, -0.25) is 0 Å². The molecule has 110 valence electrons. The van der Waals surface area contributed by atoms with E-state index in [0.717, 1.165) is 18.7 Å². The molecule has 0 amide bonds. The molecule has 1 aliphatic rings. The van der Waals surface area contributed by atoms with Gasteiger partial charge in [0.15, 0.2) is 11.5 Å². The fraction of sp³-hybridized carbons (Fsp3) is 0.462. The van der Waals surface area contributed by atoms with Crippen molar-refractivity contribution in [3.05, 3.63) is 35.8 Å². The maximum absolute atomic E-state index is 11.8. The van der Waals surface area contributed by atoms with Gasteiger partial charge in [-0.2, -0.15) is 4.98 Å². The summed E-state index contributed by atoms with van der Waals surface area (Å²) in [5.41, 5.74) is 0.772. The van der Waals surface area contributed by atoms with Gasteiger partial charge in [0.1, 0.15) is 13.2 Å². The first-order valence-electron chi connectivity index (χ1n) is 6.69. The number of carbonyl (C=O) groups excluding carboxylic acids is 1. The molecule has 0 radical (unpaired) electrons. The van der Waals surface area contributed by atoms with Crippen LogP contribution in [0.15, 0.2) is 17.2 Å². The molecule has 0 atom stereocenters. The number of aromatic nitrogens is 5. The van der Waals surface area contributed by atoms with Crippen molar-refractivity contribution in [2.75, 3.05) is 6.61 Å². The van der Waals surface area contributed by atoms with Crippen molar-refractivity contribution in [1.82, 2.24) is 25.1 Å². The Labute approximate surface area is 120 Å². The number of hydrogen-bond donors (Lipinski definition) is 0. The monoisotopic (exact) mass is 289 g/mol. The van der Waals surface area contributed by atoms with Gasteiger partial charge < -0.3 is 9.26 Å². The van der Waals surface area contributed by atoms with E-state index in [4.69, 9.17) is 9.26 Å². The van der Waals surface area contributed by atoms with Gasteiger partial charge in [0, 0.05) is 5.92 Å². The van der Waals surface area contributed by atoms with Gasteiger partial charge >= 0.3 is 5.97 Å². The van der Waals surface area contributed by atoms with E-state index < -0.39 is 5.97 Å². The summed E-state index contributed by atoms with van der Waals surface area (Å²) in [6.45, 7) is 5.65. The summed E-state index contributed by atoms with van der Waals surface area (Å²) < 4.78 is 11.7. The van der Waals surface area contributed by atoms with Crippen LogP contribution >= 0.6 is 0 Å². The Morgan fingerprint density at radius 1 is 1.57 bits per heavy atom. The Bertz CT molecular complexity index is 671. The van der Waals surface area contributed by atoms with Crippen LogP contribution < -0.4 is 0 Å². The summed E-state index contributed by atoms with van der Waals surface area (Å²) in [4.78, 5) is 16.1. The second-order valence-corrected chi connectivity index (χ2v) is 4.89. The molecule has 0 bridgehead atoms. The molecular weight excluding hydrogens is 274 g/mol. The highest BCUT2D eigenvalue weighted by Gasteiger charge is 2.29. The van der Waals surface area contributed by atoms with Gasteiger partial charge in [0.05, 0.1) is 5.69 Å². The third kappa shape index (κ3) is 2.83. The zero-order valence-electron chi connectivity index (χ0n) is 11.7. The van der Waals surface area contributed by atoms with Gasteiger partial charge in [-0.1, -0.05) is 23.0 Å². The van der Waals surface area contributed by atoms with Crippen LogP contribution in [0.5, 0.6) is 0 Å². The third-order valence-corrected chi connectivity index (χ3v) is 3.22. The molecule has 21 heavy (non-hydrogen) atoms. The fourth-order valence-corrected chi connectivity index (χ4v) is 1.87. The average Bonchev–Trinajstić information content (AvgIpc) is 3.13. The topological polar surface area (TPSA) is 95.9 Å². The van der Waals surface area contributed by atoms with Crippen molar-refractivity contribution in [3.8, 4) is 0 Å². The molecule has 0 aromatic carbocycles. The first kappa shape index (κ1) is 13.5. The summed E-state index contributed by atoms with van der Waals surface area (Å²) in [6.07, 6.45) is 3.72. The molecule has 0 unspecified atom stereocenters. The normalized spacial score (nSPS) is 14.1. The van der Waals surface area contributed by atoms with Crippen LogP contribution in [0.1, 0.15) is 46.7 Å². The zero-order chi connectivity index (χ0) is 14.8. The van der Waals surface area contributed by atoms with Gasteiger partial charge in [-0.05, 0) is 19.8 Å². The molecule has 0 N–H and O–H groups in total. The van der Waals surface area contributed by atoms with Crippen molar-refractivity contribution in [2.24, 2.45) is 0 Å². The largest absolute Gasteiger partial charge is 0.457 e. The van der Waals surface area contributed by atoms with E-state index in [0.29, 0.717) is 17.5 Å². The smallest absolute Gasteiger partial charge is 0.361 e. The van der Waals surface area contributed by atoms with Crippen molar-refractivity contribution in [1.29, 1.82) is 0 Å². The lowest BCUT2D eigenvalue weighted by Crippen LogP contribution is -2.09. The van der Waals surface area contributed by atoms with E-state index in [2.05, 4.69) is 27.0 Å². The highest BCUT2D eigenvalue weighted by atomic mass is 16.5. The van der Waals surface area contributed by atoms with E-state index in [1.165, 1.54) is 10.8 Å². The predicted octanol–water partition coefficient (Wildman–Crippen LogP) is 1.24. The molecule has 3 rings (SSSR count). The maximum atomic E-state index is 11.8. The lowest BCUT2D eigenvalue weighted by molar-refractivity contribution is 0.0542. The molecule has 8 nitrogen and oxygen atoms in total. The summed E-state index contributed by atoms with van der Waals surface area (Å²) >= 11 is 0. The van der Waals surface area contributed by atoms with Crippen LogP contribution in [0.2, 0.25) is 0 Å². The Hall–Kier alpha value is -2.51. The number of nitrogens with zero attached hydrogens (tertiary/aromatic N) is 5. The van der Waals surface area contributed by atoms with Gasteiger partial charge in [0.25, 0.3) is 0 Å². The van der Waals surface area contributed by atoms with Crippen molar-refractivity contribution < 1.29 is 14.1 Å². The second kappa shape index (κ2) is 5.47. The second-order valence-electron chi connectivity index (χ2n) is 4.89. The predicted molar refractivity (Wildman–Crippen MR) is 70.6 cm³/mol. The molecule has 1 aliphatic carbocycles. The molecular formula is C13H15N5O3. The van der Waals surface area contributed by atoms with Crippen LogP contribution in [0.3, 0.4) is 0 Å². The number of carbonyl (C=O) groups is 1. The van der Waals surface area contributed by atoms with Gasteiger partial charge in [-0.15, -0.1) is 5.10 Å². The fourth-order valence-electron chi connectivity index (χ4n) is 1.87. The SMILES string of the molecule is C=CCOC(=O)c1nnn(Cc2nc(C3CC3)no2)c1C. The summed E-state index contributed by atoms with van der Waals surface area (Å²) in [6, 6.07) is 0. The Balaban J connectivity index is 1.71. The Morgan fingerprint density at radius 3 is 3.10 bits per heavy atom. The van der Waals surface area contributed by atoms with Crippen molar-refractivity contribution in [2.45, 2.75) is 32.2 Å². The van der Waals surface area contributed by atoms with Gasteiger partial charge in [0.2, 0.25) is 5.89 Å². The minimum Gasteiger partial charge on any atom is -0.457 e. The highest BCUT2D eigenvalue weighted by molar-refractivity contribution is 5.88. The van der Waals surface area contributed by atoms with Crippen LogP contribution in [0.25, 0.3) is 0 Å². The van der Waals surface area contributed by atoms with Gasteiger partial charge in [-0.25, -0.2) is 9.48 Å². The number of ether oxygens (including phenoxy) is 1. The molecule has 8 heteroatoms. The molecule has 1 saturated carbocycles. The zero-order valence-corrected chi connectivity index (χ0v) is 11.7. The maximum Gasteiger partial charge on any atom is 0.361 e. The minimum absolute atomic E-state index is 0.138. The number of hydrogen-bond acceptors (Lipinski definition) is 7. The molecule has 1 fully saturated rings. The quantitative estimate of drug-likeness (QED) is 0.583. The summed E-state index contributed by atoms with van der Waals surface area (Å²) in [5, 5.41) is 11.7. The van der Waals surface area contributed by atoms with E-state index in [1.54, 1.807) is 6.92 Å². The Kier molecular flexibility index (Phi) is 3.51. The lowest BCUT2D eigenvalue weighted by atomic mass is 10.3. The van der Waals surface area contributed by atoms with E-state index in [-0.39, 0.29) is 18.8 Å². The lowest BCUT2D eigenvalue weighted by Gasteiger charge is -2.00. The van der Waals surface area contributed by atoms with Crippen LogP contribution in [-0.2, 0) is 11.3 Å². The summed E-state index contributed by atoms with van der Waals surface area (Å²) in [5.74, 6) is 1.11. The number of esters is 1. The van der Waals surface area contributed by atoms with E-state index >= 15 is 0 Å². The molecule has 2 aromatic rings. The Morgan fingerprint density at radius 2 is 2.38 bits per heavy atom. The van der Waals surface area contributed by atoms with E-state index in [9.17, 15) is 4.79 Å². The van der Waals surface area contributed by atoms with Crippen molar-refractivity contribution >= 4 is 5.97 Å². The summed E-state index contributed by atoms with van der Waals surface area (Å²) in [7, 11) is 0. The van der Waals surface area contributed by atoms with Crippen LogP contribution in [-0.4, -0.2) is 37.7 Å². The standard InChI is InChI=1S/C13H15N5O3/c1-3-6-20-13(19)11-8(2)18(17-15-11)7-10-14-12(16-21-10)9-4-5-9/h3,9H,1,4-7H2,2H3. The third-order valence-electron chi connectivity index (χ3n) is 3.22. The molecule has 0 aliphatic heterocycles. The molecule has 2 aromatic heterocycles. The first-order valence-corrected chi connectivity index (χ1v) is 6.69.